The highest BCUT2D eigenvalue weighted by Gasteiger charge is 2.15. The molecule has 0 amide bonds. The van der Waals surface area contributed by atoms with Crippen molar-refractivity contribution in [3.63, 3.8) is 0 Å². The van der Waals surface area contributed by atoms with E-state index in [9.17, 15) is 9.59 Å². The third kappa shape index (κ3) is 17.2. The summed E-state index contributed by atoms with van der Waals surface area (Å²) in [5.74, 6) is 1.07. The topological polar surface area (TPSA) is 52.6 Å². The summed E-state index contributed by atoms with van der Waals surface area (Å²) in [6.07, 6.45) is 15.0. The molecule has 31 heavy (non-hydrogen) atoms. The summed E-state index contributed by atoms with van der Waals surface area (Å²) in [5.41, 5.74) is 0. The molecule has 4 nitrogen and oxygen atoms in total. The van der Waals surface area contributed by atoms with Crippen molar-refractivity contribution in [2.24, 2.45) is 11.8 Å². The van der Waals surface area contributed by atoms with Gasteiger partial charge in [0.15, 0.2) is 0 Å². The third-order valence-corrected chi connectivity index (χ3v) is 6.48. The van der Waals surface area contributed by atoms with Crippen LogP contribution in [0.2, 0.25) is 0 Å². The number of unbranched alkanes of at least 4 members (excludes halogenated alkanes) is 2. The quantitative estimate of drug-likeness (QED) is 0.180. The summed E-state index contributed by atoms with van der Waals surface area (Å²) >= 11 is 0. The number of hydrogen-bond donors (Lipinski definition) is 0. The van der Waals surface area contributed by atoms with E-state index in [-0.39, 0.29) is 37.0 Å². The van der Waals surface area contributed by atoms with Gasteiger partial charge in [0, 0.05) is 12.8 Å². The predicted octanol–water partition coefficient (Wildman–Crippen LogP) is 8.01. The van der Waals surface area contributed by atoms with Crippen LogP contribution in [0.15, 0.2) is 0 Å². The fraction of sp³-hybridized carbons (Fsp3) is 0.926. The monoisotopic (exact) mass is 440 g/mol. The average molecular weight is 441 g/mol. The molecule has 0 aromatic carbocycles. The van der Waals surface area contributed by atoms with Crippen molar-refractivity contribution in [3.05, 3.63) is 0 Å². The molecule has 0 heterocycles. The molecule has 0 saturated heterocycles. The Labute approximate surface area is 193 Å². The number of carbonyl (C=O) groups excluding carboxylic acids is 2. The van der Waals surface area contributed by atoms with Gasteiger partial charge in [-0.3, -0.25) is 9.59 Å². The summed E-state index contributed by atoms with van der Waals surface area (Å²) in [6, 6.07) is 0. The highest BCUT2D eigenvalue weighted by molar-refractivity contribution is 5.72. The Kier molecular flexibility index (Phi) is 18.9. The molecule has 0 aliphatic rings. The lowest BCUT2D eigenvalue weighted by atomic mass is 9.93. The van der Waals surface area contributed by atoms with Crippen LogP contribution in [0.1, 0.15) is 138 Å². The predicted molar refractivity (Wildman–Crippen MR) is 130 cm³/mol. The maximum Gasteiger partial charge on any atom is 0.306 e. The molecule has 4 unspecified atom stereocenters. The van der Waals surface area contributed by atoms with Crippen LogP contribution < -0.4 is 0 Å². The molecule has 0 aromatic heterocycles. The first-order valence-electron chi connectivity index (χ1n) is 13.2. The van der Waals surface area contributed by atoms with Gasteiger partial charge in [-0.2, -0.15) is 0 Å². The Bertz CT molecular complexity index is 409. The molecule has 0 aromatic rings. The first-order valence-corrected chi connectivity index (χ1v) is 13.2. The Balaban J connectivity index is 3.95. The third-order valence-electron chi connectivity index (χ3n) is 6.48. The van der Waals surface area contributed by atoms with Gasteiger partial charge in [-0.1, -0.05) is 79.1 Å². The van der Waals surface area contributed by atoms with Crippen LogP contribution in [0.25, 0.3) is 0 Å². The van der Waals surface area contributed by atoms with Crippen molar-refractivity contribution >= 4 is 11.9 Å². The Morgan fingerprint density at radius 2 is 0.968 bits per heavy atom. The standard InChI is InChI=1S/C27H52O4/c1-7-11-14-24(9-3)20-18-22(5)30-26(28)16-13-17-27(29)31-23(6)19-21-25(10-4)15-12-8-2/h22-25H,7-21H2,1-6H3. The Morgan fingerprint density at radius 1 is 0.581 bits per heavy atom. The van der Waals surface area contributed by atoms with Gasteiger partial charge >= 0.3 is 11.9 Å². The molecule has 0 radical (unpaired) electrons. The first-order chi connectivity index (χ1) is 14.9. The lowest BCUT2D eigenvalue weighted by Gasteiger charge is -2.19. The van der Waals surface area contributed by atoms with E-state index in [4.69, 9.17) is 9.47 Å². The zero-order valence-corrected chi connectivity index (χ0v) is 21.5. The zero-order valence-electron chi connectivity index (χ0n) is 21.5. The van der Waals surface area contributed by atoms with E-state index in [1.54, 1.807) is 0 Å². The molecule has 0 aliphatic carbocycles. The van der Waals surface area contributed by atoms with E-state index in [0.29, 0.717) is 6.42 Å². The van der Waals surface area contributed by atoms with Crippen molar-refractivity contribution < 1.29 is 19.1 Å². The highest BCUT2D eigenvalue weighted by atomic mass is 16.5. The van der Waals surface area contributed by atoms with E-state index in [1.165, 1.54) is 51.4 Å². The average Bonchev–Trinajstić information content (AvgIpc) is 2.73. The molecule has 184 valence electrons. The molecule has 0 N–H and O–H groups in total. The van der Waals surface area contributed by atoms with Crippen molar-refractivity contribution in [2.45, 2.75) is 150 Å². The van der Waals surface area contributed by atoms with E-state index in [1.807, 2.05) is 13.8 Å². The molecule has 0 saturated carbocycles. The molecule has 0 spiro atoms. The molecular weight excluding hydrogens is 388 g/mol. The van der Waals surface area contributed by atoms with Gasteiger partial charge in [-0.25, -0.2) is 0 Å². The van der Waals surface area contributed by atoms with Crippen LogP contribution in [0.5, 0.6) is 0 Å². The summed E-state index contributed by atoms with van der Waals surface area (Å²) in [6.45, 7) is 12.9. The molecule has 0 aliphatic heterocycles. The van der Waals surface area contributed by atoms with Crippen LogP contribution in [-0.2, 0) is 19.1 Å². The van der Waals surface area contributed by atoms with Crippen molar-refractivity contribution in [1.29, 1.82) is 0 Å². The van der Waals surface area contributed by atoms with Gasteiger partial charge in [-0.05, 0) is 57.8 Å². The van der Waals surface area contributed by atoms with Gasteiger partial charge in [0.2, 0.25) is 0 Å². The van der Waals surface area contributed by atoms with E-state index < -0.39 is 0 Å². The number of hydrogen-bond acceptors (Lipinski definition) is 4. The zero-order chi connectivity index (χ0) is 23.5. The molecule has 4 atom stereocenters. The minimum Gasteiger partial charge on any atom is -0.463 e. The van der Waals surface area contributed by atoms with E-state index in [2.05, 4.69) is 27.7 Å². The minimum absolute atomic E-state index is 0.0469. The fourth-order valence-corrected chi connectivity index (χ4v) is 4.09. The Morgan fingerprint density at radius 3 is 1.29 bits per heavy atom. The summed E-state index contributed by atoms with van der Waals surface area (Å²) in [5, 5.41) is 0. The van der Waals surface area contributed by atoms with Gasteiger partial charge in [-0.15, -0.1) is 0 Å². The number of carbonyl (C=O) groups is 2. The van der Waals surface area contributed by atoms with Gasteiger partial charge < -0.3 is 9.47 Å². The van der Waals surface area contributed by atoms with Crippen LogP contribution in [0.3, 0.4) is 0 Å². The lowest BCUT2D eigenvalue weighted by Crippen LogP contribution is -2.18. The summed E-state index contributed by atoms with van der Waals surface area (Å²) in [4.78, 5) is 24.1. The fourth-order valence-electron chi connectivity index (χ4n) is 4.09. The second-order valence-electron chi connectivity index (χ2n) is 9.44. The molecular formula is C27H52O4. The van der Waals surface area contributed by atoms with Gasteiger partial charge in [0.1, 0.15) is 0 Å². The molecule has 0 rings (SSSR count). The van der Waals surface area contributed by atoms with Gasteiger partial charge in [0.25, 0.3) is 0 Å². The summed E-state index contributed by atoms with van der Waals surface area (Å²) in [7, 11) is 0. The number of rotatable bonds is 20. The SMILES string of the molecule is CCCCC(CC)CCC(C)OC(=O)CCCC(=O)OC(C)CCC(CC)CCCC. The maximum atomic E-state index is 12.1. The van der Waals surface area contributed by atoms with Gasteiger partial charge in [0.05, 0.1) is 12.2 Å². The maximum absolute atomic E-state index is 12.1. The largest absolute Gasteiger partial charge is 0.463 e. The minimum atomic E-state index is -0.198. The van der Waals surface area contributed by atoms with E-state index in [0.717, 1.165) is 37.5 Å². The van der Waals surface area contributed by atoms with Crippen molar-refractivity contribution in [3.8, 4) is 0 Å². The smallest absolute Gasteiger partial charge is 0.306 e. The van der Waals surface area contributed by atoms with Crippen LogP contribution in [-0.4, -0.2) is 24.1 Å². The van der Waals surface area contributed by atoms with Crippen LogP contribution in [0.4, 0.5) is 0 Å². The molecule has 0 fully saturated rings. The molecule has 4 heteroatoms. The number of esters is 2. The Hall–Kier alpha value is -1.06. The first kappa shape index (κ1) is 29.9. The number of ether oxygens (including phenoxy) is 2. The van der Waals surface area contributed by atoms with E-state index >= 15 is 0 Å². The normalized spacial score (nSPS) is 15.2. The second kappa shape index (κ2) is 19.6. The van der Waals surface area contributed by atoms with Crippen LogP contribution >= 0.6 is 0 Å². The highest BCUT2D eigenvalue weighted by Crippen LogP contribution is 2.21. The lowest BCUT2D eigenvalue weighted by molar-refractivity contribution is -0.150. The summed E-state index contributed by atoms with van der Waals surface area (Å²) < 4.78 is 11.1. The van der Waals surface area contributed by atoms with Crippen molar-refractivity contribution in [1.82, 2.24) is 0 Å². The second-order valence-corrected chi connectivity index (χ2v) is 9.44. The molecule has 0 bridgehead atoms. The van der Waals surface area contributed by atoms with Crippen LogP contribution in [0, 0.1) is 11.8 Å². The van der Waals surface area contributed by atoms with Crippen molar-refractivity contribution in [2.75, 3.05) is 0 Å².